The minimum atomic E-state index is 0.208. The molecule has 6 nitrogen and oxygen atoms in total. The summed E-state index contributed by atoms with van der Waals surface area (Å²) in [6.07, 6.45) is 3.98. The zero-order valence-electron chi connectivity index (χ0n) is 15.8. The highest BCUT2D eigenvalue weighted by Crippen LogP contribution is 2.28. The monoisotopic (exact) mass is 374 g/mol. The highest BCUT2D eigenvalue weighted by Gasteiger charge is 2.09. The quantitative estimate of drug-likeness (QED) is 0.376. The van der Waals surface area contributed by atoms with Gasteiger partial charge in [-0.1, -0.05) is 24.3 Å². The fourth-order valence-electron chi connectivity index (χ4n) is 2.88. The molecule has 0 atom stereocenters. The van der Waals surface area contributed by atoms with Crippen LogP contribution in [-0.2, 0) is 4.79 Å². The standard InChI is InChI=1S/C22H22N4O2/c1-15-4-3-5-19(8-15)28-20-9-18(12-24-13-20)17-7-6-16(2)21(10-17)22(11-23)26-25-14-27/h3-10,12-14H,11,23H2,1-2H3,(H,25,27)/b26-22-. The summed E-state index contributed by atoms with van der Waals surface area (Å²) in [5, 5.41) is 4.04. The molecule has 0 aliphatic rings. The Morgan fingerprint density at radius 2 is 1.96 bits per heavy atom. The van der Waals surface area contributed by atoms with Gasteiger partial charge in [-0.25, -0.2) is 5.43 Å². The average molecular weight is 374 g/mol. The number of benzene rings is 2. The lowest BCUT2D eigenvalue weighted by atomic mass is 9.98. The summed E-state index contributed by atoms with van der Waals surface area (Å²) in [6, 6.07) is 15.8. The summed E-state index contributed by atoms with van der Waals surface area (Å²) >= 11 is 0. The second kappa shape index (κ2) is 8.92. The highest BCUT2D eigenvalue weighted by atomic mass is 16.5. The van der Waals surface area contributed by atoms with E-state index < -0.39 is 0 Å². The van der Waals surface area contributed by atoms with Crippen molar-refractivity contribution in [2.75, 3.05) is 6.54 Å². The van der Waals surface area contributed by atoms with Gasteiger partial charge in [0.05, 0.1) is 11.9 Å². The summed E-state index contributed by atoms with van der Waals surface area (Å²) < 4.78 is 5.94. The molecule has 0 radical (unpaired) electrons. The Hall–Kier alpha value is -3.51. The summed E-state index contributed by atoms with van der Waals surface area (Å²) in [7, 11) is 0. The number of hydrogen-bond donors (Lipinski definition) is 2. The lowest BCUT2D eigenvalue weighted by Crippen LogP contribution is -2.20. The van der Waals surface area contributed by atoms with E-state index in [1.165, 1.54) is 0 Å². The van der Waals surface area contributed by atoms with Gasteiger partial charge in [0.1, 0.15) is 11.5 Å². The third-order valence-electron chi connectivity index (χ3n) is 4.27. The second-order valence-corrected chi connectivity index (χ2v) is 6.37. The number of pyridine rings is 1. The third kappa shape index (κ3) is 4.61. The van der Waals surface area contributed by atoms with E-state index in [2.05, 4.69) is 15.5 Å². The van der Waals surface area contributed by atoms with Crippen molar-refractivity contribution < 1.29 is 9.53 Å². The van der Waals surface area contributed by atoms with Crippen LogP contribution < -0.4 is 15.9 Å². The molecule has 28 heavy (non-hydrogen) atoms. The van der Waals surface area contributed by atoms with E-state index in [1.54, 1.807) is 12.4 Å². The van der Waals surface area contributed by atoms with E-state index >= 15 is 0 Å². The first kappa shape index (κ1) is 19.3. The van der Waals surface area contributed by atoms with Crippen molar-refractivity contribution in [3.05, 3.63) is 77.6 Å². The van der Waals surface area contributed by atoms with Crippen molar-refractivity contribution in [1.29, 1.82) is 0 Å². The molecule has 1 heterocycles. The molecule has 1 aromatic heterocycles. The van der Waals surface area contributed by atoms with E-state index in [4.69, 9.17) is 10.5 Å². The molecule has 1 amide bonds. The Bertz CT molecular complexity index is 1010. The minimum Gasteiger partial charge on any atom is -0.456 e. The molecule has 0 bridgehead atoms. The Morgan fingerprint density at radius 3 is 2.71 bits per heavy atom. The maximum absolute atomic E-state index is 10.6. The zero-order valence-corrected chi connectivity index (χ0v) is 15.8. The van der Waals surface area contributed by atoms with Crippen LogP contribution in [0.15, 0.2) is 66.0 Å². The van der Waals surface area contributed by atoms with Crippen molar-refractivity contribution in [2.24, 2.45) is 10.8 Å². The van der Waals surface area contributed by atoms with E-state index in [0.717, 1.165) is 33.6 Å². The van der Waals surface area contributed by atoms with Crippen LogP contribution in [0.5, 0.6) is 11.5 Å². The van der Waals surface area contributed by atoms with Gasteiger partial charge in [-0.15, -0.1) is 0 Å². The van der Waals surface area contributed by atoms with E-state index in [1.807, 2.05) is 62.4 Å². The first-order valence-corrected chi connectivity index (χ1v) is 8.87. The van der Waals surface area contributed by atoms with Gasteiger partial charge in [0, 0.05) is 23.9 Å². The fraction of sp³-hybridized carbons (Fsp3) is 0.136. The molecule has 0 fully saturated rings. The lowest BCUT2D eigenvalue weighted by Gasteiger charge is -2.12. The SMILES string of the molecule is Cc1cccc(Oc2cncc(-c3ccc(C)c(/C(CN)=N\NC=O)c3)c2)c1. The highest BCUT2D eigenvalue weighted by molar-refractivity contribution is 6.04. The van der Waals surface area contributed by atoms with Crippen LogP contribution in [0.2, 0.25) is 0 Å². The predicted molar refractivity (Wildman–Crippen MR) is 110 cm³/mol. The zero-order chi connectivity index (χ0) is 19.9. The number of nitrogens with zero attached hydrogens (tertiary/aromatic N) is 2. The molecule has 3 rings (SSSR count). The Morgan fingerprint density at radius 1 is 1.11 bits per heavy atom. The number of hydrazone groups is 1. The first-order valence-electron chi connectivity index (χ1n) is 8.87. The van der Waals surface area contributed by atoms with Gasteiger partial charge in [-0.05, 0) is 54.8 Å². The molecule has 0 saturated heterocycles. The maximum atomic E-state index is 10.6. The maximum Gasteiger partial charge on any atom is 0.227 e. The summed E-state index contributed by atoms with van der Waals surface area (Å²) in [5.41, 5.74) is 13.6. The van der Waals surface area contributed by atoms with Gasteiger partial charge < -0.3 is 10.5 Å². The Labute approximate surface area is 164 Å². The van der Waals surface area contributed by atoms with Crippen molar-refractivity contribution in [3.63, 3.8) is 0 Å². The van der Waals surface area contributed by atoms with Crippen molar-refractivity contribution in [1.82, 2.24) is 10.4 Å². The van der Waals surface area contributed by atoms with Crippen LogP contribution in [0, 0.1) is 13.8 Å². The van der Waals surface area contributed by atoms with Crippen molar-refractivity contribution >= 4 is 12.1 Å². The number of ether oxygens (including phenoxy) is 1. The smallest absolute Gasteiger partial charge is 0.227 e. The normalized spacial score (nSPS) is 11.2. The van der Waals surface area contributed by atoms with Crippen LogP contribution in [0.25, 0.3) is 11.1 Å². The van der Waals surface area contributed by atoms with Crippen molar-refractivity contribution in [3.8, 4) is 22.6 Å². The molecule has 6 heteroatoms. The summed E-state index contributed by atoms with van der Waals surface area (Å²) in [5.74, 6) is 1.42. The van der Waals surface area contributed by atoms with E-state index in [9.17, 15) is 4.79 Å². The van der Waals surface area contributed by atoms with Gasteiger partial charge in [0.25, 0.3) is 0 Å². The molecule has 0 saturated carbocycles. The molecule has 0 spiro atoms. The number of aryl methyl sites for hydroxylation is 2. The average Bonchev–Trinajstić information content (AvgIpc) is 2.70. The summed E-state index contributed by atoms with van der Waals surface area (Å²) in [6.45, 7) is 4.20. The molecule has 3 aromatic rings. The molecule has 2 aromatic carbocycles. The molecular formula is C22H22N4O2. The van der Waals surface area contributed by atoms with Crippen LogP contribution >= 0.6 is 0 Å². The Kier molecular flexibility index (Phi) is 6.14. The molecule has 3 N–H and O–H groups in total. The second-order valence-electron chi connectivity index (χ2n) is 6.37. The van der Waals surface area contributed by atoms with Gasteiger partial charge in [-0.3, -0.25) is 9.78 Å². The number of nitrogens with one attached hydrogen (secondary N) is 1. The number of hydrogen-bond acceptors (Lipinski definition) is 5. The molecule has 0 aliphatic heterocycles. The minimum absolute atomic E-state index is 0.208. The Balaban J connectivity index is 1.93. The number of amides is 1. The van der Waals surface area contributed by atoms with E-state index in [-0.39, 0.29) is 6.54 Å². The largest absolute Gasteiger partial charge is 0.456 e. The van der Waals surface area contributed by atoms with Gasteiger partial charge in [0.15, 0.2) is 0 Å². The number of carbonyl (C=O) groups is 1. The van der Waals surface area contributed by atoms with Crippen molar-refractivity contribution in [2.45, 2.75) is 13.8 Å². The summed E-state index contributed by atoms with van der Waals surface area (Å²) in [4.78, 5) is 14.9. The van der Waals surface area contributed by atoms with Gasteiger partial charge in [-0.2, -0.15) is 5.10 Å². The molecular weight excluding hydrogens is 352 g/mol. The number of rotatable bonds is 7. The topological polar surface area (TPSA) is 89.6 Å². The van der Waals surface area contributed by atoms with Gasteiger partial charge in [0.2, 0.25) is 6.41 Å². The third-order valence-corrected chi connectivity index (χ3v) is 4.27. The first-order chi connectivity index (χ1) is 13.6. The van der Waals surface area contributed by atoms with Crippen LogP contribution in [-0.4, -0.2) is 23.7 Å². The number of aromatic nitrogens is 1. The lowest BCUT2D eigenvalue weighted by molar-refractivity contribution is -0.109. The fourth-order valence-corrected chi connectivity index (χ4v) is 2.88. The number of nitrogens with two attached hydrogens (primary N) is 1. The van der Waals surface area contributed by atoms with Crippen LogP contribution in [0.1, 0.15) is 16.7 Å². The molecule has 142 valence electrons. The van der Waals surface area contributed by atoms with Crippen LogP contribution in [0.3, 0.4) is 0 Å². The molecule has 0 unspecified atom stereocenters. The van der Waals surface area contributed by atoms with Crippen LogP contribution in [0.4, 0.5) is 0 Å². The predicted octanol–water partition coefficient (Wildman–Crippen LogP) is 3.57. The van der Waals surface area contributed by atoms with E-state index in [0.29, 0.717) is 17.9 Å². The molecule has 0 aliphatic carbocycles. The van der Waals surface area contributed by atoms with Gasteiger partial charge >= 0.3 is 0 Å². The number of carbonyl (C=O) groups excluding carboxylic acids is 1.